The van der Waals surface area contributed by atoms with Crippen LogP contribution in [0.2, 0.25) is 0 Å². The number of hydrogen-bond acceptors (Lipinski definition) is 7. The number of nitrogens with zero attached hydrogens (tertiary/aromatic N) is 3. The van der Waals surface area contributed by atoms with Crippen LogP contribution < -0.4 is 19.9 Å². The Kier molecular flexibility index (Phi) is 20.1. The number of aromatic amines is 1. The van der Waals surface area contributed by atoms with Crippen molar-refractivity contribution in [1.29, 1.82) is 0 Å². The summed E-state index contributed by atoms with van der Waals surface area (Å²) in [6.07, 6.45) is 4.90. The number of aliphatic carboxylic acids is 1. The highest BCUT2D eigenvalue weighted by molar-refractivity contribution is 8.24. The van der Waals surface area contributed by atoms with Gasteiger partial charge in [0, 0.05) is 33.7 Å². The van der Waals surface area contributed by atoms with E-state index in [0.717, 1.165) is 27.5 Å². The molecule has 1 atom stereocenters. The standard InChI is InChI=1S/C12H10N3O3P.C10H10ClN.C10H9NO.C10H10O2.Cl3OP/c13-14-15-19(16,17-11-7-3-1-4-8-11)18-12-9-5-2-6-10-12;1-7-6-12-10(11)9-5-3-2-4-8(7)9;1-7-6-11-10(12)9-5-3-2-4-8(7)9;1-8(7-10(11)12)9-5-3-2-4-6-9;1-5(2,3)4/h1-10H;2-6,10,12H,1H3;2-6H,1H3,(H,11,12);2-7H,1H3,(H,11,12);/b;;;8-7+;. The van der Waals surface area contributed by atoms with Crippen molar-refractivity contribution in [3.63, 3.8) is 0 Å². The highest BCUT2D eigenvalue weighted by Gasteiger charge is 2.26. The van der Waals surface area contributed by atoms with E-state index in [1.165, 1.54) is 22.8 Å². The number of alkyl halides is 1. The van der Waals surface area contributed by atoms with Crippen LogP contribution in [-0.2, 0) is 13.9 Å². The number of fused-ring (bicyclic) bond motifs is 2. The van der Waals surface area contributed by atoms with Crippen molar-refractivity contribution in [2.75, 3.05) is 0 Å². The van der Waals surface area contributed by atoms with E-state index >= 15 is 0 Å². The molecule has 0 saturated heterocycles. The van der Waals surface area contributed by atoms with Gasteiger partial charge in [0.1, 0.15) is 17.0 Å². The lowest BCUT2D eigenvalue weighted by molar-refractivity contribution is -0.131. The van der Waals surface area contributed by atoms with Crippen LogP contribution in [0.15, 0.2) is 168 Å². The molecule has 5 aromatic carbocycles. The number of aryl methyl sites for hydroxylation is 1. The lowest BCUT2D eigenvalue weighted by Crippen LogP contribution is -2.15. The highest BCUT2D eigenvalue weighted by atomic mass is 36.0. The van der Waals surface area contributed by atoms with Gasteiger partial charge >= 0.3 is 18.9 Å². The van der Waals surface area contributed by atoms with Crippen molar-refractivity contribution in [2.45, 2.75) is 26.3 Å². The van der Waals surface area contributed by atoms with Crippen LogP contribution in [0.5, 0.6) is 11.5 Å². The first-order valence-corrected chi connectivity index (χ1v) is 23.9. The molecule has 18 heteroatoms. The Hall–Kier alpha value is -5.41. The molecule has 1 unspecified atom stereocenters. The summed E-state index contributed by atoms with van der Waals surface area (Å²) >= 11 is 19.9. The fourth-order valence-corrected chi connectivity index (χ4v) is 6.34. The van der Waals surface area contributed by atoms with Crippen LogP contribution in [0.25, 0.3) is 32.4 Å². The second kappa shape index (κ2) is 24.6. The average Bonchev–Trinajstić information content (AvgIpc) is 3.22. The SMILES string of the molecule is C/C(=C\C(=O)O)c1ccccc1.CC1=CNC(Cl)c2ccccc21.Cc1c[nH]c(=O)c2ccccc12.O=P(Cl)(Cl)Cl.[N-]=[N+]=NP(=O)(Oc1ccccc1)Oc1ccccc1. The number of rotatable bonds is 7. The maximum absolute atomic E-state index is 12.3. The van der Waals surface area contributed by atoms with Gasteiger partial charge in [0.25, 0.3) is 5.56 Å². The van der Waals surface area contributed by atoms with Gasteiger partial charge in [-0.05, 0) is 129 Å². The average molecular weight is 930 g/mol. The van der Waals surface area contributed by atoms with E-state index in [1.807, 2.05) is 79.9 Å². The summed E-state index contributed by atoms with van der Waals surface area (Å²) in [4.78, 5) is 29.9. The van der Waals surface area contributed by atoms with Gasteiger partial charge in [0.2, 0.25) is 0 Å². The Labute approximate surface area is 366 Å². The first kappa shape index (κ1) is 49.0. The van der Waals surface area contributed by atoms with Gasteiger partial charge in [-0.2, -0.15) is 0 Å². The molecule has 12 nitrogen and oxygen atoms in total. The molecule has 6 aromatic rings. The molecule has 2 heterocycles. The van der Waals surface area contributed by atoms with E-state index in [4.69, 9.17) is 31.3 Å². The summed E-state index contributed by atoms with van der Waals surface area (Å²) in [5, 5.41) is 10.1. The molecule has 7 rings (SSSR count). The summed E-state index contributed by atoms with van der Waals surface area (Å²) < 4.78 is 32.1. The minimum Gasteiger partial charge on any atom is -0.478 e. The smallest absolute Gasteiger partial charge is 0.478 e. The first-order valence-electron chi connectivity index (χ1n) is 17.5. The quantitative estimate of drug-likeness (QED) is 0.0269. The monoisotopic (exact) mass is 927 g/mol. The maximum atomic E-state index is 12.3. The summed E-state index contributed by atoms with van der Waals surface area (Å²) in [7, 11) is -3.95. The molecule has 1 aromatic heterocycles. The van der Waals surface area contributed by atoms with Crippen LogP contribution in [0.4, 0.5) is 0 Å². The van der Waals surface area contributed by atoms with Crippen LogP contribution in [0.1, 0.15) is 41.6 Å². The van der Waals surface area contributed by atoms with Crippen molar-refractivity contribution in [1.82, 2.24) is 10.3 Å². The van der Waals surface area contributed by atoms with Crippen LogP contribution in [-0.4, -0.2) is 16.1 Å². The molecule has 1 aliphatic rings. The molecule has 0 radical (unpaired) electrons. The predicted molar refractivity (Wildman–Crippen MR) is 245 cm³/mol. The molecule has 60 heavy (non-hydrogen) atoms. The number of allylic oxidation sites excluding steroid dienone is 2. The van der Waals surface area contributed by atoms with Gasteiger partial charge in [0.05, 0.1) is 0 Å². The number of aromatic nitrogens is 1. The largest absolute Gasteiger partial charge is 0.525 e. The second-order valence-electron chi connectivity index (χ2n) is 12.2. The highest BCUT2D eigenvalue weighted by Crippen LogP contribution is 2.61. The lowest BCUT2D eigenvalue weighted by Gasteiger charge is -2.20. The van der Waals surface area contributed by atoms with Crippen molar-refractivity contribution in [3.05, 3.63) is 201 Å². The normalized spacial score (nSPS) is 12.8. The summed E-state index contributed by atoms with van der Waals surface area (Å²) in [5.74, 6) is -0.306. The number of halogens is 4. The summed E-state index contributed by atoms with van der Waals surface area (Å²) in [6, 6.07) is 42.0. The Morgan fingerprint density at radius 3 is 1.73 bits per heavy atom. The molecule has 3 N–H and O–H groups in total. The summed E-state index contributed by atoms with van der Waals surface area (Å²) in [6.45, 7) is 5.84. The van der Waals surface area contributed by atoms with E-state index in [9.17, 15) is 18.7 Å². The maximum Gasteiger partial charge on any atom is 0.525 e. The fourth-order valence-electron chi connectivity index (χ4n) is 5.10. The van der Waals surface area contributed by atoms with Gasteiger partial charge in [-0.25, -0.2) is 9.36 Å². The molecule has 0 aliphatic carbocycles. The number of nitrogens with one attached hydrogen (secondary N) is 2. The Bertz CT molecular complexity index is 2540. The van der Waals surface area contributed by atoms with Gasteiger partial charge < -0.3 is 24.5 Å². The number of pyridine rings is 1. The Balaban J connectivity index is 0.000000210. The van der Waals surface area contributed by atoms with E-state index in [0.29, 0.717) is 11.5 Å². The van der Waals surface area contributed by atoms with Crippen molar-refractivity contribution in [3.8, 4) is 11.5 Å². The summed E-state index contributed by atoms with van der Waals surface area (Å²) in [5.41, 5.74) is 14.9. The number of azide groups is 1. The van der Waals surface area contributed by atoms with Crippen LogP contribution >= 0.6 is 58.3 Å². The third-order valence-electron chi connectivity index (χ3n) is 7.77. The van der Waals surface area contributed by atoms with Gasteiger partial charge in [-0.15, -0.1) is 0 Å². The van der Waals surface area contributed by atoms with Crippen LogP contribution in [0, 0.1) is 6.92 Å². The van der Waals surface area contributed by atoms with E-state index < -0.39 is 18.9 Å². The predicted octanol–water partition coefficient (Wildman–Crippen LogP) is 14.3. The fraction of sp³-hybridized carbons (Fsp3) is 0.0952. The Morgan fingerprint density at radius 2 is 1.25 bits per heavy atom. The zero-order chi connectivity index (χ0) is 44.1. The minimum absolute atomic E-state index is 0.0174. The molecule has 0 saturated carbocycles. The number of carboxylic acids is 1. The van der Waals surface area contributed by atoms with E-state index in [2.05, 4.69) is 72.9 Å². The Morgan fingerprint density at radius 1 is 0.783 bits per heavy atom. The van der Waals surface area contributed by atoms with Gasteiger partial charge in [-0.3, -0.25) is 9.36 Å². The third-order valence-corrected chi connectivity index (χ3v) is 9.31. The number of para-hydroxylation sites is 2. The molecule has 0 bridgehead atoms. The number of carbonyl (C=O) groups is 1. The number of benzene rings is 5. The zero-order valence-electron chi connectivity index (χ0n) is 32.2. The molecule has 0 fully saturated rings. The molecular formula is C42H39Cl4N5O7P2. The topological polar surface area (TPSA) is 184 Å². The number of carboxylic acid groups (broad SMARTS) is 1. The second-order valence-corrected chi connectivity index (χ2v) is 20.7. The lowest BCUT2D eigenvalue weighted by atomic mass is 9.99. The zero-order valence-corrected chi connectivity index (χ0v) is 37.0. The molecule has 0 amide bonds. The van der Waals surface area contributed by atoms with Gasteiger partial charge in [0.15, 0.2) is 0 Å². The number of H-pyrrole nitrogens is 1. The number of hydrogen-bond donors (Lipinski definition) is 3. The van der Waals surface area contributed by atoms with Gasteiger partial charge in [-0.1, -0.05) is 121 Å². The minimum atomic E-state index is -3.95. The molecule has 0 spiro atoms. The van der Waals surface area contributed by atoms with Crippen LogP contribution in [0.3, 0.4) is 0 Å². The van der Waals surface area contributed by atoms with Crippen molar-refractivity contribution >= 4 is 86.2 Å². The molecular weight excluding hydrogens is 890 g/mol. The van der Waals surface area contributed by atoms with Crippen molar-refractivity contribution in [2.24, 2.45) is 4.88 Å². The first-order chi connectivity index (χ1) is 28.5. The third kappa shape index (κ3) is 17.8. The molecule has 312 valence electrons. The van der Waals surface area contributed by atoms with Crippen molar-refractivity contribution < 1.29 is 28.1 Å². The van der Waals surface area contributed by atoms with E-state index in [1.54, 1.807) is 73.8 Å². The molecule has 1 aliphatic heterocycles. The van der Waals surface area contributed by atoms with E-state index in [-0.39, 0.29) is 11.1 Å².